The summed E-state index contributed by atoms with van der Waals surface area (Å²) in [6.07, 6.45) is 116. The fourth-order valence-corrected chi connectivity index (χ4v) is 10.7. The van der Waals surface area contributed by atoms with E-state index in [2.05, 4.69) is 196 Å². The van der Waals surface area contributed by atoms with Crippen LogP contribution in [0, 0.1) is 0 Å². The Hall–Kier alpha value is -5.61. The number of esters is 2. The van der Waals surface area contributed by atoms with Gasteiger partial charge in [-0.25, -0.2) is 0 Å². The molecule has 0 aromatic rings. The number of nitrogens with zero attached hydrogens (tertiary/aromatic N) is 1. The number of carboxylic acids is 1. The van der Waals surface area contributed by atoms with Crippen LogP contribution in [0.5, 0.6) is 0 Å². The molecule has 0 aliphatic carbocycles. The van der Waals surface area contributed by atoms with Gasteiger partial charge in [0.15, 0.2) is 12.4 Å². The molecule has 0 bridgehead atoms. The highest BCUT2D eigenvalue weighted by atomic mass is 16.7. The first kappa shape index (κ1) is 93.4. The lowest BCUT2D eigenvalue weighted by Crippen LogP contribution is -2.44. The molecule has 0 aromatic carbocycles. The third-order valence-corrected chi connectivity index (χ3v) is 16.6. The Morgan fingerprint density at radius 3 is 0.808 bits per heavy atom. The van der Waals surface area contributed by atoms with E-state index in [1.165, 1.54) is 141 Å². The number of unbranched alkanes of at least 4 members (excludes halogenated alkanes) is 27. The molecule has 9 nitrogen and oxygen atoms in total. The van der Waals surface area contributed by atoms with Gasteiger partial charge in [-0.15, -0.1) is 0 Å². The minimum absolute atomic E-state index is 0.141. The van der Waals surface area contributed by atoms with E-state index in [0.717, 1.165) is 135 Å². The van der Waals surface area contributed by atoms with Crippen molar-refractivity contribution >= 4 is 17.9 Å². The van der Waals surface area contributed by atoms with E-state index >= 15 is 0 Å². The van der Waals surface area contributed by atoms with Crippen molar-refractivity contribution in [2.24, 2.45) is 0 Å². The van der Waals surface area contributed by atoms with Gasteiger partial charge in [0, 0.05) is 12.8 Å². The Bertz CT molecular complexity index is 2290. The highest BCUT2D eigenvalue weighted by Gasteiger charge is 2.22. The molecular weight excluding hydrogens is 1220 g/mol. The number of carbonyl (C=O) groups is 3. The highest BCUT2D eigenvalue weighted by Crippen LogP contribution is 2.17. The number of allylic oxidation sites excluding steroid dienone is 30. The Morgan fingerprint density at radius 2 is 0.545 bits per heavy atom. The predicted molar refractivity (Wildman–Crippen MR) is 425 cm³/mol. The summed E-state index contributed by atoms with van der Waals surface area (Å²) in [4.78, 5) is 37.6. The third-order valence-electron chi connectivity index (χ3n) is 16.6. The minimum atomic E-state index is -1.63. The molecule has 0 amide bonds. The molecule has 560 valence electrons. The maximum absolute atomic E-state index is 13.0. The van der Waals surface area contributed by atoms with Crippen LogP contribution >= 0.6 is 0 Å². The van der Waals surface area contributed by atoms with Gasteiger partial charge >= 0.3 is 11.9 Å². The molecule has 0 aliphatic heterocycles. The average molecular weight is 1370 g/mol. The summed E-state index contributed by atoms with van der Waals surface area (Å²) in [5.41, 5.74) is 0. The molecule has 0 radical (unpaired) electrons. The quantitative estimate of drug-likeness (QED) is 0.0195. The van der Waals surface area contributed by atoms with E-state index < -0.39 is 24.3 Å². The SMILES string of the molecule is CC/C=C\C/C=C\C/C=C\C/C=C\C/C=C\C/C=C\C/C=C\C/C=C\CCCCCCCCCCCCCCCCC(=O)OC(COC(=O)CCCCCCCCCCCCCCC/C=C\C/C=C\C/C=C\C/C=C\C/C=C\C/C=C\C/C=C\CC)COC(OCC[N+](C)(C)C)C(=O)[O-]. The van der Waals surface area contributed by atoms with E-state index in [-0.39, 0.29) is 38.6 Å². The van der Waals surface area contributed by atoms with Gasteiger partial charge in [-0.05, 0) is 135 Å². The molecule has 2 unspecified atom stereocenters. The van der Waals surface area contributed by atoms with Gasteiger partial charge in [0.2, 0.25) is 0 Å². The Labute approximate surface area is 609 Å². The maximum atomic E-state index is 13.0. The van der Waals surface area contributed by atoms with Gasteiger partial charge in [-0.1, -0.05) is 344 Å². The van der Waals surface area contributed by atoms with Crippen molar-refractivity contribution in [2.75, 3.05) is 47.5 Å². The van der Waals surface area contributed by atoms with Crippen LogP contribution in [-0.2, 0) is 33.3 Å². The summed E-state index contributed by atoms with van der Waals surface area (Å²) in [5.74, 6) is -2.29. The number of likely N-dealkylation sites (N-methyl/N-ethyl adjacent to an activating group) is 1. The van der Waals surface area contributed by atoms with Crippen molar-refractivity contribution in [3.63, 3.8) is 0 Å². The number of aliphatic carboxylic acids is 1. The molecule has 0 saturated heterocycles. The van der Waals surface area contributed by atoms with E-state index in [1.807, 2.05) is 21.1 Å². The van der Waals surface area contributed by atoms with E-state index in [9.17, 15) is 19.5 Å². The summed E-state index contributed by atoms with van der Waals surface area (Å²) in [6.45, 7) is 4.52. The number of carboxylic acid groups (broad SMARTS) is 1. The van der Waals surface area contributed by atoms with Crippen LogP contribution in [0.4, 0.5) is 0 Å². The fraction of sp³-hybridized carbons (Fsp3) is 0.633. The second-order valence-electron chi connectivity index (χ2n) is 27.2. The van der Waals surface area contributed by atoms with Crippen LogP contribution in [0.15, 0.2) is 182 Å². The zero-order chi connectivity index (χ0) is 71.8. The van der Waals surface area contributed by atoms with Crippen molar-refractivity contribution in [3.8, 4) is 0 Å². The van der Waals surface area contributed by atoms with Crippen molar-refractivity contribution in [3.05, 3.63) is 182 Å². The number of hydrogen-bond acceptors (Lipinski definition) is 8. The van der Waals surface area contributed by atoms with Crippen molar-refractivity contribution < 1.29 is 42.9 Å². The van der Waals surface area contributed by atoms with Crippen LogP contribution < -0.4 is 5.11 Å². The second-order valence-corrected chi connectivity index (χ2v) is 27.2. The van der Waals surface area contributed by atoms with Crippen LogP contribution in [0.3, 0.4) is 0 Å². The smallest absolute Gasteiger partial charge is 0.306 e. The number of ether oxygens (including phenoxy) is 4. The highest BCUT2D eigenvalue weighted by molar-refractivity contribution is 5.70. The Balaban J connectivity index is 4.09. The zero-order valence-corrected chi connectivity index (χ0v) is 64.0. The molecule has 9 heteroatoms. The van der Waals surface area contributed by atoms with Gasteiger partial charge in [0.1, 0.15) is 13.2 Å². The van der Waals surface area contributed by atoms with E-state index in [4.69, 9.17) is 18.9 Å². The standard InChI is InChI=1S/C90H147NO8/c1-6-8-10-12-14-16-18-20-22-24-26-28-30-32-34-36-38-40-42-43-44-45-47-49-51-53-55-57-59-61-63-65-67-69-71-73-75-77-79-81-88(93)99-86(85-98-90(89(94)95)96-83-82-91(3,4)5)84-97-87(92)80-78-76-74-72-70-68-66-64-62-60-58-56-54-52-50-48-46-41-39-37-35-33-31-29-27-25-23-21-19-17-15-13-11-9-7-2/h8-11,14-17,20-23,26-29,32-35,38-41,43-44,47-50,86,90H,6-7,12-13,18-19,24-25,30-31,36-37,42,45-46,51-85H2,1-5H3/b10-8-,11-9-,16-14-,17-15-,22-20-,23-21-,28-26-,29-27-,34-32-,35-33-,40-38-,41-39-,44-43-,49-47-,50-48-. The zero-order valence-electron chi connectivity index (χ0n) is 64.0. The summed E-state index contributed by atoms with van der Waals surface area (Å²) >= 11 is 0. The third kappa shape index (κ3) is 79.6. The van der Waals surface area contributed by atoms with Crippen LogP contribution in [0.2, 0.25) is 0 Å². The molecule has 0 rings (SSSR count). The first-order valence-corrected chi connectivity index (χ1v) is 39.9. The van der Waals surface area contributed by atoms with Crippen LogP contribution in [0.1, 0.15) is 309 Å². The number of hydrogen-bond donors (Lipinski definition) is 0. The molecular formula is C90H147NO8. The van der Waals surface area contributed by atoms with Crippen molar-refractivity contribution in [1.29, 1.82) is 0 Å². The van der Waals surface area contributed by atoms with Crippen molar-refractivity contribution in [1.82, 2.24) is 0 Å². The van der Waals surface area contributed by atoms with Gasteiger partial charge in [-0.3, -0.25) is 9.59 Å². The topological polar surface area (TPSA) is 111 Å². The van der Waals surface area contributed by atoms with Gasteiger partial charge in [0.05, 0.1) is 40.3 Å². The van der Waals surface area contributed by atoms with Gasteiger partial charge in [-0.2, -0.15) is 0 Å². The van der Waals surface area contributed by atoms with Crippen molar-refractivity contribution in [2.45, 2.75) is 322 Å². The van der Waals surface area contributed by atoms with Gasteiger partial charge in [0.25, 0.3) is 0 Å². The van der Waals surface area contributed by atoms with Gasteiger partial charge < -0.3 is 33.3 Å². The first-order chi connectivity index (χ1) is 48.6. The molecule has 0 N–H and O–H groups in total. The molecule has 2 atom stereocenters. The lowest BCUT2D eigenvalue weighted by molar-refractivity contribution is -0.870. The molecule has 0 spiro atoms. The predicted octanol–water partition coefficient (Wildman–Crippen LogP) is 24.6. The number of carbonyl (C=O) groups excluding carboxylic acids is 3. The summed E-state index contributed by atoms with van der Waals surface area (Å²) in [5, 5.41) is 11.9. The molecule has 99 heavy (non-hydrogen) atoms. The van der Waals surface area contributed by atoms with E-state index in [0.29, 0.717) is 17.4 Å². The Kier molecular flexibility index (Phi) is 73.7. The monoisotopic (exact) mass is 1370 g/mol. The van der Waals surface area contributed by atoms with Crippen LogP contribution in [0.25, 0.3) is 0 Å². The van der Waals surface area contributed by atoms with Crippen LogP contribution in [-0.4, -0.2) is 82.3 Å². The maximum Gasteiger partial charge on any atom is 0.306 e. The molecule has 0 fully saturated rings. The number of quaternary nitrogens is 1. The first-order valence-electron chi connectivity index (χ1n) is 39.9. The minimum Gasteiger partial charge on any atom is -0.545 e. The fourth-order valence-electron chi connectivity index (χ4n) is 10.7. The normalized spacial score (nSPS) is 13.7. The largest absolute Gasteiger partial charge is 0.545 e. The summed E-state index contributed by atoms with van der Waals surface area (Å²) in [6, 6.07) is 0. The molecule has 0 saturated carbocycles. The lowest BCUT2D eigenvalue weighted by atomic mass is 10.0. The summed E-state index contributed by atoms with van der Waals surface area (Å²) < 4.78 is 22.9. The average Bonchev–Trinajstić information content (AvgIpc) is 1.14. The molecule has 0 aromatic heterocycles. The molecule has 0 heterocycles. The Morgan fingerprint density at radius 1 is 0.303 bits per heavy atom. The van der Waals surface area contributed by atoms with E-state index in [1.54, 1.807) is 0 Å². The summed E-state index contributed by atoms with van der Waals surface area (Å²) in [7, 11) is 5.93. The second kappa shape index (κ2) is 78.1. The lowest BCUT2D eigenvalue weighted by Gasteiger charge is -2.26. The molecule has 0 aliphatic rings. The number of rotatable bonds is 72.